The SMILES string of the molecule is CC1OC1N(C)S(=O)(=O)C(F)(F)C(F)(F)C(F)(F)C(F)(F)C(F)(F)C(F)(F)C(F)(F)C(F)(F)F. The van der Waals surface area contributed by atoms with Crippen LogP contribution in [0.5, 0.6) is 0 Å². The van der Waals surface area contributed by atoms with Crippen molar-refractivity contribution in [3.8, 4) is 0 Å². The molecule has 22 heteroatoms. The first-order valence-electron chi connectivity index (χ1n) is 7.77. The molecule has 34 heavy (non-hydrogen) atoms. The standard InChI is InChI=1S/C12H8F17NO3S/c1-3-4(33-3)30(2)34(31,32)12(28,29)10(23,24)8(19,20)6(15,16)5(13,14)7(17,18)9(21,22)11(25,26)27/h3-4H,1-2H3. The lowest BCUT2D eigenvalue weighted by Crippen LogP contribution is -2.75. The third kappa shape index (κ3) is 3.60. The van der Waals surface area contributed by atoms with Crippen LogP contribution in [0.25, 0.3) is 0 Å². The van der Waals surface area contributed by atoms with Crippen molar-refractivity contribution in [1.82, 2.24) is 4.31 Å². The molecule has 0 bridgehead atoms. The molecule has 1 rings (SSSR count). The van der Waals surface area contributed by atoms with Gasteiger partial charge in [0.15, 0.2) is 0 Å². The maximum atomic E-state index is 13.9. The Kier molecular flexibility index (Phi) is 6.86. The van der Waals surface area contributed by atoms with Crippen molar-refractivity contribution in [2.45, 2.75) is 66.2 Å². The fraction of sp³-hybridized carbons (Fsp3) is 1.00. The van der Waals surface area contributed by atoms with Crippen LogP contribution in [-0.4, -0.2) is 79.1 Å². The predicted molar refractivity (Wildman–Crippen MR) is 71.7 cm³/mol. The molecule has 1 heterocycles. The zero-order valence-electron chi connectivity index (χ0n) is 15.7. The van der Waals surface area contributed by atoms with Crippen LogP contribution in [0.4, 0.5) is 74.6 Å². The summed E-state index contributed by atoms with van der Waals surface area (Å²) in [6, 6.07) is 0. The number of epoxide rings is 1. The van der Waals surface area contributed by atoms with Crippen LogP contribution in [-0.2, 0) is 14.8 Å². The molecule has 4 nitrogen and oxygen atoms in total. The largest absolute Gasteiger partial charge is 0.460 e. The number of ether oxygens (including phenoxy) is 1. The van der Waals surface area contributed by atoms with Crippen molar-refractivity contribution in [3.05, 3.63) is 0 Å². The van der Waals surface area contributed by atoms with Crippen LogP contribution in [0.3, 0.4) is 0 Å². The average molecular weight is 569 g/mol. The Hall–Kier alpha value is -1.32. The van der Waals surface area contributed by atoms with Crippen LogP contribution in [0.1, 0.15) is 6.92 Å². The zero-order valence-corrected chi connectivity index (χ0v) is 16.5. The highest BCUT2D eigenvalue weighted by molar-refractivity contribution is 7.90. The van der Waals surface area contributed by atoms with Crippen molar-refractivity contribution in [2.75, 3.05) is 7.05 Å². The molecular weight excluding hydrogens is 561 g/mol. The summed E-state index contributed by atoms with van der Waals surface area (Å²) in [5.74, 6) is -51.6. The molecule has 0 aromatic carbocycles. The van der Waals surface area contributed by atoms with E-state index in [1.54, 1.807) is 0 Å². The summed E-state index contributed by atoms with van der Waals surface area (Å²) in [7, 11) is -7.36. The summed E-state index contributed by atoms with van der Waals surface area (Å²) < 4.78 is 250. The molecule has 2 atom stereocenters. The lowest BCUT2D eigenvalue weighted by atomic mass is 9.91. The maximum absolute atomic E-state index is 13.9. The van der Waals surface area contributed by atoms with Gasteiger partial charge in [-0.05, 0) is 6.92 Å². The average Bonchev–Trinajstić information content (AvgIpc) is 3.35. The second kappa shape index (κ2) is 7.59. The molecule has 1 saturated heterocycles. The minimum atomic E-state index is -8.84. The van der Waals surface area contributed by atoms with Gasteiger partial charge in [-0.15, -0.1) is 0 Å². The van der Waals surface area contributed by atoms with E-state index in [-0.39, 0.29) is 7.05 Å². The smallest absolute Gasteiger partial charge is 0.352 e. The lowest BCUT2D eigenvalue weighted by molar-refractivity contribution is -0.458. The third-order valence-corrected chi connectivity index (χ3v) is 6.30. The van der Waals surface area contributed by atoms with E-state index in [4.69, 9.17) is 0 Å². The molecule has 1 aliphatic rings. The minimum Gasteiger partial charge on any atom is -0.352 e. The Morgan fingerprint density at radius 2 is 0.853 bits per heavy atom. The predicted octanol–water partition coefficient (Wildman–Crippen LogP) is 4.96. The van der Waals surface area contributed by atoms with E-state index in [2.05, 4.69) is 4.74 Å². The summed E-state index contributed by atoms with van der Waals surface area (Å²) in [5.41, 5.74) is 0. The zero-order chi connectivity index (χ0) is 27.9. The van der Waals surface area contributed by atoms with Crippen molar-refractivity contribution in [1.29, 1.82) is 0 Å². The Balaban J connectivity index is 3.69. The molecule has 0 amide bonds. The Bertz CT molecular complexity index is 896. The molecule has 0 aliphatic carbocycles. The quantitative estimate of drug-likeness (QED) is 0.292. The van der Waals surface area contributed by atoms with E-state index in [1.165, 1.54) is 0 Å². The number of likely N-dealkylation sites (N-methyl/N-ethyl adjacent to an activating group) is 1. The number of sulfonamides is 1. The molecule has 0 spiro atoms. The number of nitrogens with zero attached hydrogens (tertiary/aromatic N) is 1. The number of alkyl halides is 17. The molecule has 1 aliphatic heterocycles. The monoisotopic (exact) mass is 569 g/mol. The summed E-state index contributed by atoms with van der Waals surface area (Å²) in [4.78, 5) is 0. The van der Waals surface area contributed by atoms with E-state index < -0.39 is 73.6 Å². The Morgan fingerprint density at radius 3 is 1.12 bits per heavy atom. The summed E-state index contributed by atoms with van der Waals surface area (Å²) in [6.07, 6.45) is -11.3. The highest BCUT2D eigenvalue weighted by Crippen LogP contribution is 2.64. The molecule has 204 valence electrons. The molecule has 0 radical (unpaired) electrons. The number of rotatable bonds is 9. The normalized spacial score (nSPS) is 22.4. The summed E-state index contributed by atoms with van der Waals surface area (Å²) >= 11 is 0. The van der Waals surface area contributed by atoms with E-state index in [1.807, 2.05) is 0 Å². The molecule has 0 saturated carbocycles. The molecule has 0 aromatic rings. The fourth-order valence-electron chi connectivity index (χ4n) is 2.18. The molecule has 0 aromatic heterocycles. The highest BCUT2D eigenvalue weighted by Gasteiger charge is 2.96. The van der Waals surface area contributed by atoms with Crippen molar-refractivity contribution in [2.24, 2.45) is 0 Å². The van der Waals surface area contributed by atoms with Gasteiger partial charge in [0.05, 0.1) is 6.10 Å². The second-order valence-corrected chi connectivity index (χ2v) is 8.75. The van der Waals surface area contributed by atoms with Crippen LogP contribution in [0.2, 0.25) is 0 Å². The van der Waals surface area contributed by atoms with Gasteiger partial charge in [0.25, 0.3) is 10.0 Å². The van der Waals surface area contributed by atoms with Crippen LogP contribution in [0, 0.1) is 0 Å². The van der Waals surface area contributed by atoms with Gasteiger partial charge in [-0.3, -0.25) is 0 Å². The molecular formula is C12H8F17NO3S. The first-order valence-corrected chi connectivity index (χ1v) is 9.21. The van der Waals surface area contributed by atoms with Gasteiger partial charge in [0.2, 0.25) is 0 Å². The second-order valence-electron chi connectivity index (χ2n) is 6.71. The lowest BCUT2D eigenvalue weighted by Gasteiger charge is -2.42. The molecule has 0 N–H and O–H groups in total. The van der Waals surface area contributed by atoms with E-state index >= 15 is 0 Å². The summed E-state index contributed by atoms with van der Waals surface area (Å²) in [6.45, 7) is 0.874. The van der Waals surface area contributed by atoms with Gasteiger partial charge in [-0.25, -0.2) is 8.42 Å². The van der Waals surface area contributed by atoms with E-state index in [9.17, 15) is 83.1 Å². The maximum Gasteiger partial charge on any atom is 0.460 e. The first-order chi connectivity index (χ1) is 14.4. The van der Waals surface area contributed by atoms with Gasteiger partial charge in [-0.2, -0.15) is 78.9 Å². The van der Waals surface area contributed by atoms with Crippen molar-refractivity contribution >= 4 is 10.0 Å². The fourth-order valence-corrected chi connectivity index (χ4v) is 3.49. The molecule has 1 fully saturated rings. The Morgan fingerprint density at radius 1 is 0.588 bits per heavy atom. The Labute approximate surface area is 176 Å². The molecule has 2 unspecified atom stereocenters. The summed E-state index contributed by atoms with van der Waals surface area (Å²) in [5, 5.41) is -7.56. The van der Waals surface area contributed by atoms with Crippen LogP contribution >= 0.6 is 0 Å². The van der Waals surface area contributed by atoms with Gasteiger partial charge >= 0.3 is 47.0 Å². The van der Waals surface area contributed by atoms with Crippen molar-refractivity contribution < 1.29 is 87.8 Å². The van der Waals surface area contributed by atoms with Gasteiger partial charge in [0.1, 0.15) is 6.23 Å². The van der Waals surface area contributed by atoms with Gasteiger partial charge < -0.3 is 4.74 Å². The number of hydrogen-bond acceptors (Lipinski definition) is 3. The minimum absolute atomic E-state index is 0.0730. The topological polar surface area (TPSA) is 49.9 Å². The van der Waals surface area contributed by atoms with Crippen LogP contribution < -0.4 is 0 Å². The van der Waals surface area contributed by atoms with E-state index in [0.717, 1.165) is 6.92 Å². The van der Waals surface area contributed by atoms with E-state index in [0.29, 0.717) is 0 Å². The van der Waals surface area contributed by atoms with Crippen molar-refractivity contribution in [3.63, 3.8) is 0 Å². The third-order valence-electron chi connectivity index (χ3n) is 4.43. The number of halogens is 17. The van der Waals surface area contributed by atoms with Crippen LogP contribution in [0.15, 0.2) is 0 Å². The number of hydrogen-bond donors (Lipinski definition) is 0. The van der Waals surface area contributed by atoms with Gasteiger partial charge in [-0.1, -0.05) is 0 Å². The highest BCUT2D eigenvalue weighted by atomic mass is 32.2. The van der Waals surface area contributed by atoms with Gasteiger partial charge in [0, 0.05) is 7.05 Å². The first kappa shape index (κ1) is 30.7.